The lowest BCUT2D eigenvalue weighted by Crippen LogP contribution is -1.99. The quantitative estimate of drug-likeness (QED) is 0.232. The number of furan rings is 1. The van der Waals surface area contributed by atoms with Crippen molar-refractivity contribution in [1.29, 1.82) is 0 Å². The SMILES string of the molecule is c1ccc2cc3c(cc2c1)c1ccccc1n3-c1ccc(-c2ccc3oc4ccccc4c3c2)c2nccnc12. The molecule has 0 atom stereocenters. The number of rotatable bonds is 2. The fourth-order valence-corrected chi connectivity index (χ4v) is 6.26. The van der Waals surface area contributed by atoms with Gasteiger partial charge in [0.2, 0.25) is 0 Å². The standard InChI is InChI=1S/C36H21N3O/c1-2-8-23-21-32-28(19-22(23)7-1)26-9-3-5-11-30(26)39(32)31-15-14-25(35-36(31)38-18-17-37-35)24-13-16-34-29(20-24)27-10-4-6-12-33(27)40-34/h1-21H. The van der Waals surface area contributed by atoms with Gasteiger partial charge in [-0.3, -0.25) is 9.97 Å². The fraction of sp³-hybridized carbons (Fsp3) is 0. The number of nitrogens with zero attached hydrogens (tertiary/aromatic N) is 3. The largest absolute Gasteiger partial charge is 0.456 e. The number of hydrogen-bond acceptors (Lipinski definition) is 3. The molecule has 9 aromatic rings. The van der Waals surface area contributed by atoms with Crippen LogP contribution in [0.3, 0.4) is 0 Å². The van der Waals surface area contributed by atoms with E-state index in [4.69, 9.17) is 14.4 Å². The van der Waals surface area contributed by atoms with Gasteiger partial charge in [0.1, 0.15) is 16.7 Å². The van der Waals surface area contributed by atoms with Gasteiger partial charge in [-0.2, -0.15) is 0 Å². The van der Waals surface area contributed by atoms with E-state index in [-0.39, 0.29) is 0 Å². The molecule has 0 bridgehead atoms. The molecule has 3 heterocycles. The zero-order valence-electron chi connectivity index (χ0n) is 21.4. The Morgan fingerprint density at radius 1 is 0.500 bits per heavy atom. The van der Waals surface area contributed by atoms with E-state index >= 15 is 0 Å². The molecule has 0 saturated heterocycles. The second-order valence-electron chi connectivity index (χ2n) is 10.3. The fourth-order valence-electron chi connectivity index (χ4n) is 6.26. The molecule has 40 heavy (non-hydrogen) atoms. The highest BCUT2D eigenvalue weighted by molar-refractivity contribution is 6.15. The van der Waals surface area contributed by atoms with Crippen LogP contribution < -0.4 is 0 Å². The van der Waals surface area contributed by atoms with Crippen molar-refractivity contribution in [2.45, 2.75) is 0 Å². The minimum atomic E-state index is 0.868. The van der Waals surface area contributed by atoms with Crippen LogP contribution in [0.2, 0.25) is 0 Å². The predicted molar refractivity (Wildman–Crippen MR) is 164 cm³/mol. The second kappa shape index (κ2) is 8.01. The van der Waals surface area contributed by atoms with Gasteiger partial charge in [-0.05, 0) is 64.9 Å². The average Bonchev–Trinajstić information content (AvgIpc) is 3.54. The molecule has 0 aliphatic heterocycles. The van der Waals surface area contributed by atoms with E-state index in [2.05, 4.69) is 108 Å². The van der Waals surface area contributed by atoms with Crippen LogP contribution >= 0.6 is 0 Å². The van der Waals surface area contributed by atoms with Crippen LogP contribution in [-0.2, 0) is 0 Å². The summed E-state index contributed by atoms with van der Waals surface area (Å²) in [5.74, 6) is 0. The van der Waals surface area contributed by atoms with Gasteiger partial charge in [0.25, 0.3) is 0 Å². The van der Waals surface area contributed by atoms with Crippen molar-refractivity contribution < 1.29 is 4.42 Å². The molecule has 0 aliphatic carbocycles. The van der Waals surface area contributed by atoms with Crippen molar-refractivity contribution in [3.05, 3.63) is 128 Å². The van der Waals surface area contributed by atoms with Crippen molar-refractivity contribution in [2.24, 2.45) is 0 Å². The molecule has 3 aromatic heterocycles. The van der Waals surface area contributed by atoms with Crippen LogP contribution in [0.25, 0.3) is 82.4 Å². The van der Waals surface area contributed by atoms with Crippen LogP contribution in [0.5, 0.6) is 0 Å². The maximum Gasteiger partial charge on any atom is 0.135 e. The first kappa shape index (κ1) is 21.5. The summed E-state index contributed by atoms with van der Waals surface area (Å²) in [6.07, 6.45) is 3.56. The summed E-state index contributed by atoms with van der Waals surface area (Å²) in [7, 11) is 0. The summed E-state index contributed by atoms with van der Waals surface area (Å²) in [5, 5.41) is 7.12. The second-order valence-corrected chi connectivity index (χ2v) is 10.3. The predicted octanol–water partition coefficient (Wildman–Crippen LogP) is 9.45. The molecule has 0 N–H and O–H groups in total. The molecule has 186 valence electrons. The lowest BCUT2D eigenvalue weighted by atomic mass is 10.0. The third-order valence-electron chi connectivity index (χ3n) is 8.07. The molecule has 4 nitrogen and oxygen atoms in total. The smallest absolute Gasteiger partial charge is 0.135 e. The van der Waals surface area contributed by atoms with Gasteiger partial charge in [-0.25, -0.2) is 0 Å². The number of aromatic nitrogens is 3. The normalized spacial score (nSPS) is 12.0. The molecule has 4 heteroatoms. The molecule has 0 saturated carbocycles. The Balaban J connectivity index is 1.34. The maximum absolute atomic E-state index is 6.08. The lowest BCUT2D eigenvalue weighted by Gasteiger charge is -2.13. The molecule has 0 fully saturated rings. The van der Waals surface area contributed by atoms with Crippen LogP contribution in [0.4, 0.5) is 0 Å². The molecule has 9 rings (SSSR count). The number of benzene rings is 6. The third kappa shape index (κ3) is 2.96. The van der Waals surface area contributed by atoms with Gasteiger partial charge in [-0.15, -0.1) is 0 Å². The zero-order chi connectivity index (χ0) is 26.2. The highest BCUT2D eigenvalue weighted by Crippen LogP contribution is 2.39. The Morgan fingerprint density at radius 2 is 1.23 bits per heavy atom. The lowest BCUT2D eigenvalue weighted by molar-refractivity contribution is 0.669. The number of fused-ring (bicyclic) bond motifs is 8. The molecule has 0 aliphatic rings. The van der Waals surface area contributed by atoms with E-state index in [9.17, 15) is 0 Å². The van der Waals surface area contributed by atoms with E-state index in [1.54, 1.807) is 12.4 Å². The van der Waals surface area contributed by atoms with E-state index < -0.39 is 0 Å². The summed E-state index contributed by atoms with van der Waals surface area (Å²) >= 11 is 0. The Bertz CT molecular complexity index is 2450. The molecular weight excluding hydrogens is 490 g/mol. The van der Waals surface area contributed by atoms with E-state index in [0.717, 1.165) is 60.8 Å². The van der Waals surface area contributed by atoms with Crippen LogP contribution in [0, 0.1) is 0 Å². The summed E-state index contributed by atoms with van der Waals surface area (Å²) in [6, 6.07) is 40.6. The molecule has 0 amide bonds. The first-order valence-electron chi connectivity index (χ1n) is 13.4. The van der Waals surface area contributed by atoms with Gasteiger partial charge in [0, 0.05) is 39.5 Å². The third-order valence-corrected chi connectivity index (χ3v) is 8.07. The Labute approximate surface area is 228 Å². The monoisotopic (exact) mass is 511 g/mol. The average molecular weight is 512 g/mol. The van der Waals surface area contributed by atoms with Gasteiger partial charge < -0.3 is 8.98 Å². The van der Waals surface area contributed by atoms with E-state index in [1.807, 2.05) is 12.1 Å². The van der Waals surface area contributed by atoms with Crippen LogP contribution in [-0.4, -0.2) is 14.5 Å². The summed E-state index contributed by atoms with van der Waals surface area (Å²) in [4.78, 5) is 9.77. The molecule has 0 spiro atoms. The molecule has 0 radical (unpaired) electrons. The molecule has 0 unspecified atom stereocenters. The Kier molecular flexibility index (Phi) is 4.30. The van der Waals surface area contributed by atoms with Crippen molar-refractivity contribution in [3.63, 3.8) is 0 Å². The molecule has 6 aromatic carbocycles. The minimum Gasteiger partial charge on any atom is -0.456 e. The van der Waals surface area contributed by atoms with E-state index in [0.29, 0.717) is 0 Å². The first-order valence-corrected chi connectivity index (χ1v) is 13.4. The highest BCUT2D eigenvalue weighted by Gasteiger charge is 2.18. The summed E-state index contributed by atoms with van der Waals surface area (Å²) in [5.41, 5.74) is 8.98. The number of hydrogen-bond donors (Lipinski definition) is 0. The Morgan fingerprint density at radius 3 is 2.12 bits per heavy atom. The van der Waals surface area contributed by atoms with Gasteiger partial charge in [0.15, 0.2) is 0 Å². The topological polar surface area (TPSA) is 43.9 Å². The van der Waals surface area contributed by atoms with Crippen molar-refractivity contribution >= 4 is 65.6 Å². The zero-order valence-corrected chi connectivity index (χ0v) is 21.4. The number of para-hydroxylation sites is 2. The van der Waals surface area contributed by atoms with Gasteiger partial charge in [-0.1, -0.05) is 66.7 Å². The first-order chi connectivity index (χ1) is 19.8. The van der Waals surface area contributed by atoms with Gasteiger partial charge in [0.05, 0.1) is 22.2 Å². The van der Waals surface area contributed by atoms with E-state index in [1.165, 1.54) is 21.5 Å². The van der Waals surface area contributed by atoms with Crippen LogP contribution in [0.15, 0.2) is 132 Å². The van der Waals surface area contributed by atoms with Crippen LogP contribution in [0.1, 0.15) is 0 Å². The molecular formula is C36H21N3O. The summed E-state index contributed by atoms with van der Waals surface area (Å²) < 4.78 is 8.42. The minimum absolute atomic E-state index is 0.868. The summed E-state index contributed by atoms with van der Waals surface area (Å²) in [6.45, 7) is 0. The van der Waals surface area contributed by atoms with Crippen molar-refractivity contribution in [3.8, 4) is 16.8 Å². The maximum atomic E-state index is 6.08. The highest BCUT2D eigenvalue weighted by atomic mass is 16.3. The Hall–Kier alpha value is -5.48. The van der Waals surface area contributed by atoms with Gasteiger partial charge >= 0.3 is 0 Å². The van der Waals surface area contributed by atoms with Crippen molar-refractivity contribution in [1.82, 2.24) is 14.5 Å². The van der Waals surface area contributed by atoms with Crippen molar-refractivity contribution in [2.75, 3.05) is 0 Å².